The standard InChI is InChI=1S/C20H21F2N3.C5H6N2.C3H6F3N.CH2O/c1-5-6-16(19-8-7-13(2)11-25-19)18(10-23)17-9-15(20(4,21)22)12-24-14(17)3;1-5-4-6-2-3-7-5;1-2(7)3(4,5)6;1-2/h7-9,11-12H,5-6H2,1-4H3;2-4H,1H3;2H,7H2,1H3;1H2/b18-16+;;;. The first-order valence-electron chi connectivity index (χ1n) is 12.4. The molecule has 3 aromatic heterocycles. The highest BCUT2D eigenvalue weighted by Crippen LogP contribution is 2.33. The average Bonchev–Trinajstić information content (AvgIpc) is 2.91. The highest BCUT2D eigenvalue weighted by molar-refractivity contribution is 5.97. The fourth-order valence-corrected chi connectivity index (χ4v) is 2.97. The minimum absolute atomic E-state index is 0.200. The molecule has 7 nitrogen and oxygen atoms in total. The monoisotopic (exact) mass is 578 g/mol. The number of aryl methyl sites for hydroxylation is 3. The molecular weight excluding hydrogens is 543 g/mol. The second kappa shape index (κ2) is 17.6. The first-order valence-corrected chi connectivity index (χ1v) is 12.4. The summed E-state index contributed by atoms with van der Waals surface area (Å²) in [6.45, 7) is 11.3. The molecule has 12 heteroatoms. The number of aromatic nitrogens is 4. The van der Waals surface area contributed by atoms with E-state index in [1.165, 1.54) is 6.07 Å². The molecule has 0 saturated heterocycles. The number of hydrogen-bond donors (Lipinski definition) is 1. The van der Waals surface area contributed by atoms with E-state index in [1.807, 2.05) is 39.7 Å². The first-order chi connectivity index (χ1) is 19.1. The van der Waals surface area contributed by atoms with E-state index >= 15 is 0 Å². The molecule has 0 saturated carbocycles. The predicted molar refractivity (Wildman–Crippen MR) is 148 cm³/mol. The van der Waals surface area contributed by atoms with Crippen molar-refractivity contribution >= 4 is 17.9 Å². The number of alkyl halides is 5. The smallest absolute Gasteiger partial charge is 0.320 e. The second-order valence-electron chi connectivity index (χ2n) is 8.86. The number of halogens is 5. The number of carbonyl (C=O) groups excluding carboxylic acids is 1. The summed E-state index contributed by atoms with van der Waals surface area (Å²) in [5.41, 5.74) is 9.01. The van der Waals surface area contributed by atoms with Crippen molar-refractivity contribution in [2.24, 2.45) is 5.73 Å². The van der Waals surface area contributed by atoms with Gasteiger partial charge in [-0.05, 0) is 57.4 Å². The minimum Gasteiger partial charge on any atom is -0.320 e. The third-order valence-electron chi connectivity index (χ3n) is 5.21. The summed E-state index contributed by atoms with van der Waals surface area (Å²) >= 11 is 0. The lowest BCUT2D eigenvalue weighted by Gasteiger charge is -2.15. The van der Waals surface area contributed by atoms with E-state index < -0.39 is 18.1 Å². The van der Waals surface area contributed by atoms with Crippen molar-refractivity contribution in [3.63, 3.8) is 0 Å². The number of nitrogens with zero attached hydrogens (tertiary/aromatic N) is 5. The zero-order valence-electron chi connectivity index (χ0n) is 23.9. The molecule has 2 N–H and O–H groups in total. The second-order valence-corrected chi connectivity index (χ2v) is 8.86. The van der Waals surface area contributed by atoms with Crippen molar-refractivity contribution in [3.8, 4) is 6.07 Å². The predicted octanol–water partition coefficient (Wildman–Crippen LogP) is 6.94. The molecule has 0 fully saturated rings. The van der Waals surface area contributed by atoms with E-state index in [4.69, 9.17) is 4.79 Å². The number of nitrogens with two attached hydrogens (primary N) is 1. The van der Waals surface area contributed by atoms with Gasteiger partial charge in [-0.1, -0.05) is 19.4 Å². The van der Waals surface area contributed by atoms with Crippen LogP contribution in [0.25, 0.3) is 11.1 Å². The van der Waals surface area contributed by atoms with E-state index in [0.717, 1.165) is 43.3 Å². The molecule has 1 unspecified atom stereocenters. The Bertz CT molecular complexity index is 1270. The van der Waals surface area contributed by atoms with Gasteiger partial charge in [0.05, 0.1) is 23.0 Å². The van der Waals surface area contributed by atoms with Gasteiger partial charge < -0.3 is 10.5 Å². The summed E-state index contributed by atoms with van der Waals surface area (Å²) < 4.78 is 60.6. The van der Waals surface area contributed by atoms with Gasteiger partial charge in [0.25, 0.3) is 5.92 Å². The van der Waals surface area contributed by atoms with Gasteiger partial charge in [0.15, 0.2) is 0 Å². The quantitative estimate of drug-likeness (QED) is 0.257. The molecule has 0 aliphatic carbocycles. The number of pyridine rings is 2. The molecule has 222 valence electrons. The van der Waals surface area contributed by atoms with Crippen molar-refractivity contribution in [1.29, 1.82) is 5.26 Å². The fourth-order valence-electron chi connectivity index (χ4n) is 2.97. The summed E-state index contributed by atoms with van der Waals surface area (Å²) in [5.74, 6) is -3.01. The Labute approximate surface area is 237 Å². The van der Waals surface area contributed by atoms with Crippen LogP contribution in [0.1, 0.15) is 67.4 Å². The largest absolute Gasteiger partial charge is 0.403 e. The van der Waals surface area contributed by atoms with Crippen LogP contribution < -0.4 is 5.73 Å². The molecule has 0 spiro atoms. The van der Waals surface area contributed by atoms with Crippen molar-refractivity contribution in [2.75, 3.05) is 0 Å². The molecule has 41 heavy (non-hydrogen) atoms. The van der Waals surface area contributed by atoms with E-state index in [1.54, 1.807) is 31.7 Å². The lowest BCUT2D eigenvalue weighted by Crippen LogP contribution is -2.33. The maximum Gasteiger partial charge on any atom is 0.403 e. The average molecular weight is 579 g/mol. The number of nitriles is 1. The Morgan fingerprint density at radius 1 is 1.02 bits per heavy atom. The zero-order chi connectivity index (χ0) is 31.8. The van der Waals surface area contributed by atoms with Crippen molar-refractivity contribution in [3.05, 3.63) is 83.0 Å². The van der Waals surface area contributed by atoms with Crippen LogP contribution in [0.4, 0.5) is 22.0 Å². The highest BCUT2D eigenvalue weighted by Gasteiger charge is 2.32. The molecule has 1 atom stereocenters. The third kappa shape index (κ3) is 13.2. The Morgan fingerprint density at radius 2 is 1.63 bits per heavy atom. The molecule has 0 aliphatic heterocycles. The maximum absolute atomic E-state index is 13.7. The normalized spacial score (nSPS) is 12.1. The molecule has 0 amide bonds. The summed E-state index contributed by atoms with van der Waals surface area (Å²) in [6, 6.07) is 5.64. The number of carbonyl (C=O) groups is 1. The molecule has 0 aliphatic rings. The van der Waals surface area contributed by atoms with Gasteiger partial charge >= 0.3 is 6.18 Å². The van der Waals surface area contributed by atoms with E-state index in [9.17, 15) is 27.2 Å². The van der Waals surface area contributed by atoms with Gasteiger partial charge in [-0.25, -0.2) is 8.78 Å². The van der Waals surface area contributed by atoms with Crippen molar-refractivity contribution < 1.29 is 26.7 Å². The summed E-state index contributed by atoms with van der Waals surface area (Å²) in [5, 5.41) is 9.76. The molecular formula is C29H35F5N6O. The molecule has 3 rings (SSSR count). The topological polar surface area (TPSA) is 118 Å². The van der Waals surface area contributed by atoms with Crippen LogP contribution in [0.5, 0.6) is 0 Å². The summed E-state index contributed by atoms with van der Waals surface area (Å²) in [4.78, 5) is 24.2. The van der Waals surface area contributed by atoms with Gasteiger partial charge in [0, 0.05) is 54.7 Å². The van der Waals surface area contributed by atoms with Crippen LogP contribution in [0.2, 0.25) is 0 Å². The molecule has 0 bridgehead atoms. The summed E-state index contributed by atoms with van der Waals surface area (Å²) in [7, 11) is 0. The Kier molecular flexibility index (Phi) is 15.8. The number of rotatable bonds is 5. The van der Waals surface area contributed by atoms with Crippen LogP contribution >= 0.6 is 0 Å². The summed E-state index contributed by atoms with van der Waals surface area (Å²) in [6.07, 6.45) is 5.18. The molecule has 3 aromatic rings. The van der Waals surface area contributed by atoms with Gasteiger partial charge in [-0.2, -0.15) is 18.4 Å². The number of hydrogen-bond acceptors (Lipinski definition) is 7. The zero-order valence-corrected chi connectivity index (χ0v) is 23.9. The minimum atomic E-state index is -4.22. The molecule has 0 radical (unpaired) electrons. The van der Waals surface area contributed by atoms with Crippen LogP contribution in [-0.4, -0.2) is 38.9 Å². The van der Waals surface area contributed by atoms with Gasteiger partial charge in [0.2, 0.25) is 0 Å². The van der Waals surface area contributed by atoms with E-state index in [0.29, 0.717) is 28.9 Å². The number of allylic oxidation sites excluding steroid dienone is 2. The van der Waals surface area contributed by atoms with Gasteiger partial charge in [-0.15, -0.1) is 0 Å². The molecule has 3 heterocycles. The lowest BCUT2D eigenvalue weighted by atomic mass is 9.93. The third-order valence-corrected chi connectivity index (χ3v) is 5.21. The van der Waals surface area contributed by atoms with Crippen LogP contribution in [-0.2, 0) is 10.7 Å². The maximum atomic E-state index is 13.7. The Balaban J connectivity index is 0.000000813. The van der Waals surface area contributed by atoms with Crippen LogP contribution in [0.15, 0.2) is 49.2 Å². The fraction of sp³-hybridized carbons (Fsp3) is 0.379. The van der Waals surface area contributed by atoms with Crippen LogP contribution in [0.3, 0.4) is 0 Å². The Morgan fingerprint density at radius 3 is 2.00 bits per heavy atom. The molecule has 0 aromatic carbocycles. The first kappa shape index (κ1) is 36.9. The van der Waals surface area contributed by atoms with Gasteiger partial charge in [0.1, 0.15) is 12.9 Å². The van der Waals surface area contributed by atoms with Gasteiger partial charge in [-0.3, -0.25) is 19.9 Å². The lowest BCUT2D eigenvalue weighted by molar-refractivity contribution is -0.143. The van der Waals surface area contributed by atoms with E-state index in [-0.39, 0.29) is 5.56 Å². The Hall–Kier alpha value is -4.11. The van der Waals surface area contributed by atoms with Crippen molar-refractivity contribution in [2.45, 2.75) is 72.5 Å². The van der Waals surface area contributed by atoms with Crippen molar-refractivity contribution in [1.82, 2.24) is 19.9 Å². The van der Waals surface area contributed by atoms with E-state index in [2.05, 4.69) is 31.7 Å². The highest BCUT2D eigenvalue weighted by atomic mass is 19.4. The SMILES string of the molecule is C=O.CC(N)C(F)(F)F.CCC/C(=C(/C#N)c1cc(C(C)(F)F)cnc1C)c1ccc(C)cn1.Cc1cnccn1. The van der Waals surface area contributed by atoms with Crippen LogP contribution in [0, 0.1) is 32.1 Å².